The number of thiazole rings is 1. The van der Waals surface area contributed by atoms with Crippen LogP contribution in [0.3, 0.4) is 0 Å². The smallest absolute Gasteiger partial charge is 0.270 e. The first kappa shape index (κ1) is 17.8. The number of nitrogens with one attached hydrogen (secondary N) is 1. The van der Waals surface area contributed by atoms with Crippen molar-refractivity contribution in [2.75, 3.05) is 12.4 Å². The lowest BCUT2D eigenvalue weighted by Gasteiger charge is -2.05. The van der Waals surface area contributed by atoms with Crippen molar-refractivity contribution in [2.45, 2.75) is 0 Å². The van der Waals surface area contributed by atoms with E-state index in [0.717, 1.165) is 11.6 Å². The van der Waals surface area contributed by atoms with Crippen LogP contribution in [0.15, 0.2) is 47.8 Å². The number of methoxy groups -OCH3 is 1. The number of ether oxygens (including phenoxy) is 1. The van der Waals surface area contributed by atoms with Gasteiger partial charge in [-0.2, -0.15) is 0 Å². The van der Waals surface area contributed by atoms with Gasteiger partial charge in [0.25, 0.3) is 11.6 Å². The second-order valence-corrected chi connectivity index (χ2v) is 6.38. The first-order valence-electron chi connectivity index (χ1n) is 7.34. The minimum Gasteiger partial charge on any atom is -0.496 e. The molecule has 0 saturated heterocycles. The number of hydrogen-bond donors (Lipinski definition) is 1. The molecule has 1 heterocycles. The molecule has 0 radical (unpaired) electrons. The number of benzene rings is 2. The first-order valence-corrected chi connectivity index (χ1v) is 8.59. The summed E-state index contributed by atoms with van der Waals surface area (Å²) in [5.74, 6) is 0.180. The standard InChI is InChI=1S/C17H12ClN3O4S/c1-25-15-5-3-2-4-12(15)14-9-26-17(19-14)20-16(22)11-7-6-10(21(23)24)8-13(11)18/h2-9H,1H3,(H,19,20,22). The molecular weight excluding hydrogens is 378 g/mol. The lowest BCUT2D eigenvalue weighted by Crippen LogP contribution is -2.12. The third kappa shape index (κ3) is 3.66. The summed E-state index contributed by atoms with van der Waals surface area (Å²) in [6, 6.07) is 11.1. The fraction of sp³-hybridized carbons (Fsp3) is 0.0588. The van der Waals surface area contributed by atoms with Crippen LogP contribution in [0.25, 0.3) is 11.3 Å². The van der Waals surface area contributed by atoms with E-state index in [4.69, 9.17) is 16.3 Å². The normalized spacial score (nSPS) is 10.4. The second-order valence-electron chi connectivity index (χ2n) is 5.11. The maximum atomic E-state index is 12.4. The number of nitrogens with zero attached hydrogens (tertiary/aromatic N) is 2. The van der Waals surface area contributed by atoms with Gasteiger partial charge in [0.1, 0.15) is 5.75 Å². The predicted molar refractivity (Wildman–Crippen MR) is 100 cm³/mol. The Bertz CT molecular complexity index is 990. The third-order valence-corrected chi connectivity index (χ3v) is 4.59. The highest BCUT2D eigenvalue weighted by atomic mass is 35.5. The molecule has 0 aliphatic rings. The van der Waals surface area contributed by atoms with Crippen LogP contribution >= 0.6 is 22.9 Å². The molecule has 0 unspecified atom stereocenters. The molecule has 7 nitrogen and oxygen atoms in total. The topological polar surface area (TPSA) is 94.4 Å². The highest BCUT2D eigenvalue weighted by Crippen LogP contribution is 2.32. The molecule has 0 saturated carbocycles. The Morgan fingerprint density at radius 1 is 1.31 bits per heavy atom. The van der Waals surface area contributed by atoms with E-state index in [9.17, 15) is 14.9 Å². The van der Waals surface area contributed by atoms with Gasteiger partial charge in [-0.25, -0.2) is 4.98 Å². The van der Waals surface area contributed by atoms with Crippen molar-refractivity contribution in [2.24, 2.45) is 0 Å². The summed E-state index contributed by atoms with van der Waals surface area (Å²) in [5.41, 5.74) is 1.42. The minimum atomic E-state index is -0.575. The van der Waals surface area contributed by atoms with Crippen molar-refractivity contribution in [3.63, 3.8) is 0 Å². The van der Waals surface area contributed by atoms with E-state index in [-0.39, 0.29) is 16.3 Å². The van der Waals surface area contributed by atoms with Crippen LogP contribution in [-0.4, -0.2) is 22.9 Å². The molecule has 0 spiro atoms. The SMILES string of the molecule is COc1ccccc1-c1csc(NC(=O)c2ccc([N+](=O)[O-])cc2Cl)n1. The van der Waals surface area contributed by atoms with Crippen LogP contribution in [0.1, 0.15) is 10.4 Å². The third-order valence-electron chi connectivity index (χ3n) is 3.52. The zero-order valence-corrected chi connectivity index (χ0v) is 15.0. The predicted octanol–water partition coefficient (Wildman–Crippen LogP) is 4.63. The average Bonchev–Trinajstić information content (AvgIpc) is 3.09. The highest BCUT2D eigenvalue weighted by molar-refractivity contribution is 7.14. The maximum Gasteiger partial charge on any atom is 0.270 e. The largest absolute Gasteiger partial charge is 0.496 e. The number of carbonyl (C=O) groups excluding carboxylic acids is 1. The Kier molecular flexibility index (Phi) is 5.15. The second kappa shape index (κ2) is 7.51. The van der Waals surface area contributed by atoms with Gasteiger partial charge in [-0.15, -0.1) is 11.3 Å². The van der Waals surface area contributed by atoms with Gasteiger partial charge in [0, 0.05) is 23.1 Å². The zero-order valence-electron chi connectivity index (χ0n) is 13.4. The molecule has 3 aromatic rings. The quantitative estimate of drug-likeness (QED) is 0.507. The molecule has 1 amide bonds. The summed E-state index contributed by atoms with van der Waals surface area (Å²) < 4.78 is 5.31. The fourth-order valence-electron chi connectivity index (χ4n) is 2.28. The number of anilines is 1. The summed E-state index contributed by atoms with van der Waals surface area (Å²) in [4.78, 5) is 26.9. The van der Waals surface area contributed by atoms with Gasteiger partial charge in [-0.3, -0.25) is 20.2 Å². The van der Waals surface area contributed by atoms with Crippen molar-refractivity contribution in [3.05, 3.63) is 68.5 Å². The van der Waals surface area contributed by atoms with E-state index in [1.54, 1.807) is 12.5 Å². The van der Waals surface area contributed by atoms with Gasteiger partial charge in [0.2, 0.25) is 0 Å². The lowest BCUT2D eigenvalue weighted by molar-refractivity contribution is -0.384. The van der Waals surface area contributed by atoms with Crippen LogP contribution in [0, 0.1) is 10.1 Å². The molecule has 0 aliphatic heterocycles. The average molecular weight is 390 g/mol. The summed E-state index contributed by atoms with van der Waals surface area (Å²) in [5, 5.41) is 15.6. The van der Waals surface area contributed by atoms with Crippen molar-refractivity contribution in [1.29, 1.82) is 0 Å². The molecule has 0 bridgehead atoms. The Labute approximate surface area is 157 Å². The van der Waals surface area contributed by atoms with Gasteiger partial charge in [-0.1, -0.05) is 23.7 Å². The van der Waals surface area contributed by atoms with Gasteiger partial charge in [0.05, 0.1) is 28.3 Å². The van der Waals surface area contributed by atoms with Crippen molar-refractivity contribution in [1.82, 2.24) is 4.98 Å². The lowest BCUT2D eigenvalue weighted by atomic mass is 10.1. The molecule has 0 aliphatic carbocycles. The number of para-hydroxylation sites is 1. The van der Waals surface area contributed by atoms with Gasteiger partial charge in [-0.05, 0) is 18.2 Å². The number of halogens is 1. The Morgan fingerprint density at radius 2 is 2.08 bits per heavy atom. The van der Waals surface area contributed by atoms with Crippen molar-refractivity contribution < 1.29 is 14.5 Å². The van der Waals surface area contributed by atoms with E-state index in [1.165, 1.54) is 23.5 Å². The number of nitro benzene ring substituents is 1. The maximum absolute atomic E-state index is 12.4. The van der Waals surface area contributed by atoms with Crippen LogP contribution in [0.2, 0.25) is 5.02 Å². The monoisotopic (exact) mass is 389 g/mol. The Balaban J connectivity index is 1.81. The number of nitro groups is 1. The number of hydrogen-bond acceptors (Lipinski definition) is 6. The van der Waals surface area contributed by atoms with Crippen LogP contribution < -0.4 is 10.1 Å². The molecular formula is C17H12ClN3O4S. The van der Waals surface area contributed by atoms with Crippen molar-refractivity contribution in [3.8, 4) is 17.0 Å². The van der Waals surface area contributed by atoms with Crippen LogP contribution in [0.5, 0.6) is 5.75 Å². The van der Waals surface area contributed by atoms with Gasteiger partial charge < -0.3 is 4.74 Å². The number of rotatable bonds is 5. The summed E-state index contributed by atoms with van der Waals surface area (Å²) in [7, 11) is 1.57. The van der Waals surface area contributed by atoms with Crippen LogP contribution in [0.4, 0.5) is 10.8 Å². The summed E-state index contributed by atoms with van der Waals surface area (Å²) >= 11 is 7.23. The molecule has 1 N–H and O–H groups in total. The van der Waals surface area contributed by atoms with E-state index in [0.29, 0.717) is 16.6 Å². The van der Waals surface area contributed by atoms with E-state index >= 15 is 0 Å². The van der Waals surface area contributed by atoms with E-state index in [1.807, 2.05) is 24.3 Å². The number of amides is 1. The molecule has 9 heteroatoms. The summed E-state index contributed by atoms with van der Waals surface area (Å²) in [6.45, 7) is 0. The molecule has 26 heavy (non-hydrogen) atoms. The number of carbonyl (C=O) groups is 1. The highest BCUT2D eigenvalue weighted by Gasteiger charge is 2.17. The molecule has 0 atom stereocenters. The molecule has 3 rings (SSSR count). The first-order chi connectivity index (χ1) is 12.5. The van der Waals surface area contributed by atoms with E-state index < -0.39 is 10.8 Å². The Hall–Kier alpha value is -2.97. The number of non-ortho nitro benzene ring substituents is 1. The van der Waals surface area contributed by atoms with Crippen LogP contribution in [-0.2, 0) is 0 Å². The molecule has 1 aromatic heterocycles. The number of aromatic nitrogens is 1. The molecule has 2 aromatic carbocycles. The minimum absolute atomic E-state index is 0.00166. The van der Waals surface area contributed by atoms with Gasteiger partial charge in [0.15, 0.2) is 5.13 Å². The summed E-state index contributed by atoms with van der Waals surface area (Å²) in [6.07, 6.45) is 0. The Morgan fingerprint density at radius 3 is 2.77 bits per heavy atom. The fourth-order valence-corrected chi connectivity index (χ4v) is 3.24. The van der Waals surface area contributed by atoms with E-state index in [2.05, 4.69) is 10.3 Å². The van der Waals surface area contributed by atoms with Gasteiger partial charge >= 0.3 is 0 Å². The zero-order chi connectivity index (χ0) is 18.7. The molecule has 132 valence electrons. The van der Waals surface area contributed by atoms with Crippen molar-refractivity contribution >= 4 is 39.7 Å². The molecule has 0 fully saturated rings.